The molecular formula is C33H39N3O4S. The number of methoxy groups -OCH3 is 1. The maximum absolute atomic E-state index is 12.5. The SMILES string of the molecule is COC(=O)c1cccc(SNc2cc(C#CC(CC(C)C)NC(=O)OC(C)(C)C)cc(-c3c(C)cccc3C)n2)c1. The number of aryl methyl sites for hydroxylation is 2. The molecule has 1 aromatic heterocycles. The predicted molar refractivity (Wildman–Crippen MR) is 166 cm³/mol. The Morgan fingerprint density at radius 1 is 1.02 bits per heavy atom. The van der Waals surface area contributed by atoms with Crippen molar-refractivity contribution in [1.82, 2.24) is 10.3 Å². The highest BCUT2D eigenvalue weighted by Crippen LogP contribution is 2.29. The molecule has 1 heterocycles. The van der Waals surface area contributed by atoms with E-state index in [2.05, 4.69) is 61.7 Å². The first kappa shape index (κ1) is 31.6. The molecule has 3 rings (SSSR count). The van der Waals surface area contributed by atoms with Crippen molar-refractivity contribution in [2.75, 3.05) is 11.8 Å². The van der Waals surface area contributed by atoms with Gasteiger partial charge in [-0.2, -0.15) is 0 Å². The zero-order chi connectivity index (χ0) is 30.2. The summed E-state index contributed by atoms with van der Waals surface area (Å²) in [5, 5.41) is 2.91. The quantitative estimate of drug-likeness (QED) is 0.163. The van der Waals surface area contributed by atoms with E-state index in [1.807, 2.05) is 45.0 Å². The Kier molecular flexibility index (Phi) is 10.8. The Hall–Kier alpha value is -3.96. The van der Waals surface area contributed by atoms with Crippen LogP contribution in [0.5, 0.6) is 0 Å². The van der Waals surface area contributed by atoms with E-state index in [1.165, 1.54) is 19.1 Å². The number of carbonyl (C=O) groups excluding carboxylic acids is 2. The summed E-state index contributed by atoms with van der Waals surface area (Å²) in [6.45, 7) is 13.8. The highest BCUT2D eigenvalue weighted by molar-refractivity contribution is 8.00. The molecule has 1 unspecified atom stereocenters. The van der Waals surface area contributed by atoms with Gasteiger partial charge in [-0.1, -0.05) is 50.0 Å². The Bertz CT molecular complexity index is 1430. The Labute approximate surface area is 248 Å². The summed E-state index contributed by atoms with van der Waals surface area (Å²) in [5.41, 5.74) is 4.68. The van der Waals surface area contributed by atoms with Crippen molar-refractivity contribution in [2.24, 2.45) is 5.92 Å². The van der Waals surface area contributed by atoms with E-state index in [0.717, 1.165) is 32.8 Å². The second kappa shape index (κ2) is 14.1. The number of hydrogen-bond acceptors (Lipinski definition) is 7. The van der Waals surface area contributed by atoms with Gasteiger partial charge in [-0.25, -0.2) is 14.6 Å². The summed E-state index contributed by atoms with van der Waals surface area (Å²) in [5.74, 6) is 7.05. The standard InChI is InChI=1S/C33H39N3O4S/c1-21(2)17-26(34-32(38)40-33(5,6)7)16-15-24-18-28(30-22(3)11-9-12-23(30)4)35-29(19-24)36-41-27-14-10-13-25(20-27)31(37)39-8/h9-14,18-21,26H,17H2,1-8H3,(H,34,38)(H,35,36). The van der Waals surface area contributed by atoms with E-state index in [9.17, 15) is 9.59 Å². The van der Waals surface area contributed by atoms with Gasteiger partial charge in [-0.3, -0.25) is 0 Å². The molecule has 0 saturated carbocycles. The third-order valence-corrected chi connectivity index (χ3v) is 6.68. The summed E-state index contributed by atoms with van der Waals surface area (Å²) in [4.78, 5) is 30.2. The fourth-order valence-corrected chi connectivity index (χ4v) is 4.82. The molecule has 0 aliphatic heterocycles. The van der Waals surface area contributed by atoms with Crippen LogP contribution >= 0.6 is 11.9 Å². The van der Waals surface area contributed by atoms with Crippen molar-refractivity contribution < 1.29 is 19.1 Å². The van der Waals surface area contributed by atoms with Crippen LogP contribution in [0.2, 0.25) is 0 Å². The van der Waals surface area contributed by atoms with Crippen LogP contribution in [-0.4, -0.2) is 35.8 Å². The largest absolute Gasteiger partial charge is 0.465 e. The van der Waals surface area contributed by atoms with Crippen molar-refractivity contribution in [3.63, 3.8) is 0 Å². The number of nitrogens with zero attached hydrogens (tertiary/aromatic N) is 1. The minimum Gasteiger partial charge on any atom is -0.465 e. The molecule has 2 N–H and O–H groups in total. The number of anilines is 1. The van der Waals surface area contributed by atoms with Crippen LogP contribution in [0.4, 0.5) is 10.6 Å². The Balaban J connectivity index is 1.97. The Morgan fingerprint density at radius 2 is 1.71 bits per heavy atom. The third-order valence-electron chi connectivity index (χ3n) is 5.88. The molecule has 0 aliphatic carbocycles. The molecule has 7 nitrogen and oxygen atoms in total. The lowest BCUT2D eigenvalue weighted by molar-refractivity contribution is 0.0511. The van der Waals surface area contributed by atoms with Crippen LogP contribution < -0.4 is 10.0 Å². The van der Waals surface area contributed by atoms with E-state index in [-0.39, 0.29) is 6.04 Å². The number of alkyl carbamates (subject to hydrolysis) is 1. The first-order chi connectivity index (χ1) is 19.3. The fraction of sp³-hybridized carbons (Fsp3) is 0.364. The number of ether oxygens (including phenoxy) is 2. The van der Waals surface area contributed by atoms with Crippen LogP contribution in [0.3, 0.4) is 0 Å². The van der Waals surface area contributed by atoms with Crippen LogP contribution in [0.1, 0.15) is 68.1 Å². The average Bonchev–Trinajstić information content (AvgIpc) is 2.89. The van der Waals surface area contributed by atoms with E-state index in [0.29, 0.717) is 23.7 Å². The number of hydrogen-bond donors (Lipinski definition) is 2. The number of carbonyl (C=O) groups is 2. The first-order valence-electron chi connectivity index (χ1n) is 13.6. The second-order valence-corrected chi connectivity index (χ2v) is 12.1. The summed E-state index contributed by atoms with van der Waals surface area (Å²) in [7, 11) is 1.36. The highest BCUT2D eigenvalue weighted by Gasteiger charge is 2.19. The van der Waals surface area contributed by atoms with Gasteiger partial charge in [0.1, 0.15) is 11.4 Å². The molecule has 0 radical (unpaired) electrons. The number of nitrogens with one attached hydrogen (secondary N) is 2. The van der Waals surface area contributed by atoms with E-state index in [4.69, 9.17) is 14.5 Å². The molecule has 8 heteroatoms. The number of esters is 1. The number of amides is 1. The zero-order valence-corrected chi connectivity index (χ0v) is 25.9. The molecule has 0 saturated heterocycles. The van der Waals surface area contributed by atoms with Crippen molar-refractivity contribution in [3.8, 4) is 23.1 Å². The molecular weight excluding hydrogens is 534 g/mol. The van der Waals surface area contributed by atoms with Crippen LogP contribution in [0.15, 0.2) is 59.5 Å². The number of rotatable bonds is 8. The van der Waals surface area contributed by atoms with Gasteiger partial charge in [-0.15, -0.1) is 0 Å². The normalized spacial score (nSPS) is 11.7. The molecule has 2 aromatic carbocycles. The molecule has 0 fully saturated rings. The predicted octanol–water partition coefficient (Wildman–Crippen LogP) is 7.56. The minimum atomic E-state index is -0.597. The van der Waals surface area contributed by atoms with Crippen LogP contribution in [-0.2, 0) is 9.47 Å². The van der Waals surface area contributed by atoms with Gasteiger partial charge in [0.25, 0.3) is 0 Å². The molecule has 216 valence electrons. The van der Waals surface area contributed by atoms with Crippen LogP contribution in [0.25, 0.3) is 11.3 Å². The lowest BCUT2D eigenvalue weighted by Gasteiger charge is -2.22. The van der Waals surface area contributed by atoms with Gasteiger partial charge in [0, 0.05) is 16.0 Å². The second-order valence-electron chi connectivity index (χ2n) is 11.2. The molecule has 1 atom stereocenters. The van der Waals surface area contributed by atoms with E-state index < -0.39 is 17.7 Å². The summed E-state index contributed by atoms with van der Waals surface area (Å²) >= 11 is 1.34. The maximum Gasteiger partial charge on any atom is 0.408 e. The summed E-state index contributed by atoms with van der Waals surface area (Å²) < 4.78 is 13.6. The molecule has 0 spiro atoms. The van der Waals surface area contributed by atoms with Gasteiger partial charge in [0.15, 0.2) is 0 Å². The van der Waals surface area contributed by atoms with Crippen molar-refractivity contribution in [3.05, 3.63) is 76.9 Å². The van der Waals surface area contributed by atoms with Gasteiger partial charge in [0.05, 0.1) is 24.4 Å². The summed E-state index contributed by atoms with van der Waals surface area (Å²) in [6.07, 6.45) is 0.190. The van der Waals surface area contributed by atoms with Crippen molar-refractivity contribution in [1.29, 1.82) is 0 Å². The maximum atomic E-state index is 12.5. The highest BCUT2D eigenvalue weighted by atomic mass is 32.2. The third kappa shape index (κ3) is 9.87. The molecule has 41 heavy (non-hydrogen) atoms. The fourth-order valence-electron chi connectivity index (χ4n) is 4.16. The van der Waals surface area contributed by atoms with Crippen LogP contribution in [0, 0.1) is 31.6 Å². The number of aromatic nitrogens is 1. The van der Waals surface area contributed by atoms with Gasteiger partial charge in [0.2, 0.25) is 0 Å². The minimum absolute atomic E-state index is 0.321. The smallest absolute Gasteiger partial charge is 0.408 e. The zero-order valence-electron chi connectivity index (χ0n) is 25.0. The first-order valence-corrected chi connectivity index (χ1v) is 14.4. The number of pyridine rings is 1. The van der Waals surface area contributed by atoms with Gasteiger partial charge in [-0.05, 0) is 100 Å². The van der Waals surface area contributed by atoms with E-state index in [1.54, 1.807) is 18.2 Å². The summed E-state index contributed by atoms with van der Waals surface area (Å²) in [6, 6.07) is 16.8. The lowest BCUT2D eigenvalue weighted by atomic mass is 9.98. The van der Waals surface area contributed by atoms with Crippen molar-refractivity contribution >= 4 is 29.8 Å². The molecule has 1 amide bonds. The Morgan fingerprint density at radius 3 is 2.34 bits per heavy atom. The average molecular weight is 574 g/mol. The topological polar surface area (TPSA) is 89.6 Å². The molecule has 0 aliphatic rings. The monoisotopic (exact) mass is 573 g/mol. The van der Waals surface area contributed by atoms with Gasteiger partial charge >= 0.3 is 12.1 Å². The van der Waals surface area contributed by atoms with E-state index >= 15 is 0 Å². The van der Waals surface area contributed by atoms with Gasteiger partial charge < -0.3 is 19.5 Å². The number of benzene rings is 2. The molecule has 3 aromatic rings. The van der Waals surface area contributed by atoms with Crippen molar-refractivity contribution in [2.45, 2.75) is 71.4 Å². The lowest BCUT2D eigenvalue weighted by Crippen LogP contribution is -2.39. The molecule has 0 bridgehead atoms.